The standard InChI is InChI=1S/C18H20N2/c1-15-11-12-17(14-18(15)20(2)3)19-13-7-10-16-8-5-4-6-9-16/h4-6,8-9,11-12,14,19H,13H2,1-3H3. The zero-order valence-corrected chi connectivity index (χ0v) is 12.3. The minimum Gasteiger partial charge on any atom is -0.377 e. The Morgan fingerprint density at radius 2 is 1.80 bits per heavy atom. The van der Waals surface area contributed by atoms with Crippen molar-refractivity contribution in [3.8, 4) is 11.8 Å². The predicted octanol–water partition coefficient (Wildman–Crippen LogP) is 3.52. The van der Waals surface area contributed by atoms with Crippen molar-refractivity contribution in [3.05, 3.63) is 59.7 Å². The van der Waals surface area contributed by atoms with Crippen molar-refractivity contribution in [1.29, 1.82) is 0 Å². The second-order valence-corrected chi connectivity index (χ2v) is 4.92. The highest BCUT2D eigenvalue weighted by Gasteiger charge is 2.01. The molecule has 0 saturated heterocycles. The molecule has 2 rings (SSSR count). The summed E-state index contributed by atoms with van der Waals surface area (Å²) in [5, 5.41) is 3.34. The van der Waals surface area contributed by atoms with Crippen LogP contribution in [0.1, 0.15) is 11.1 Å². The lowest BCUT2D eigenvalue weighted by Gasteiger charge is -2.17. The van der Waals surface area contributed by atoms with Gasteiger partial charge in [-0.25, -0.2) is 0 Å². The predicted molar refractivity (Wildman–Crippen MR) is 87.3 cm³/mol. The van der Waals surface area contributed by atoms with Gasteiger partial charge in [-0.2, -0.15) is 0 Å². The van der Waals surface area contributed by atoms with Crippen LogP contribution in [-0.2, 0) is 0 Å². The summed E-state index contributed by atoms with van der Waals surface area (Å²) in [6.45, 7) is 2.76. The smallest absolute Gasteiger partial charge is 0.0769 e. The summed E-state index contributed by atoms with van der Waals surface area (Å²) in [6, 6.07) is 16.4. The average molecular weight is 264 g/mol. The Hall–Kier alpha value is -2.40. The van der Waals surface area contributed by atoms with Gasteiger partial charge < -0.3 is 10.2 Å². The van der Waals surface area contributed by atoms with Crippen molar-refractivity contribution >= 4 is 11.4 Å². The third-order valence-corrected chi connectivity index (χ3v) is 3.08. The van der Waals surface area contributed by atoms with Crippen LogP contribution < -0.4 is 10.2 Å². The molecule has 0 aromatic heterocycles. The van der Waals surface area contributed by atoms with Crippen molar-refractivity contribution < 1.29 is 0 Å². The Kier molecular flexibility index (Phi) is 4.68. The summed E-state index contributed by atoms with van der Waals surface area (Å²) < 4.78 is 0. The van der Waals surface area contributed by atoms with Gasteiger partial charge in [0.05, 0.1) is 6.54 Å². The van der Waals surface area contributed by atoms with Gasteiger partial charge in [-0.15, -0.1) is 0 Å². The van der Waals surface area contributed by atoms with Crippen LogP contribution in [0.25, 0.3) is 0 Å². The number of aryl methyl sites for hydroxylation is 1. The summed E-state index contributed by atoms with van der Waals surface area (Å²) in [5.74, 6) is 6.28. The molecule has 0 unspecified atom stereocenters. The molecule has 0 atom stereocenters. The third-order valence-electron chi connectivity index (χ3n) is 3.08. The van der Waals surface area contributed by atoms with Crippen LogP contribution in [0.15, 0.2) is 48.5 Å². The van der Waals surface area contributed by atoms with E-state index >= 15 is 0 Å². The topological polar surface area (TPSA) is 15.3 Å². The molecule has 0 fully saturated rings. The van der Waals surface area contributed by atoms with Gasteiger partial charge in [-0.05, 0) is 36.8 Å². The van der Waals surface area contributed by atoms with Crippen LogP contribution in [0.2, 0.25) is 0 Å². The van der Waals surface area contributed by atoms with E-state index in [4.69, 9.17) is 0 Å². The van der Waals surface area contributed by atoms with Gasteiger partial charge in [-0.3, -0.25) is 0 Å². The van der Waals surface area contributed by atoms with E-state index in [9.17, 15) is 0 Å². The first-order valence-electron chi connectivity index (χ1n) is 6.72. The molecule has 0 bridgehead atoms. The molecule has 2 aromatic rings. The van der Waals surface area contributed by atoms with Crippen molar-refractivity contribution in [2.45, 2.75) is 6.92 Å². The SMILES string of the molecule is Cc1ccc(NCC#Cc2ccccc2)cc1N(C)C. The monoisotopic (exact) mass is 264 g/mol. The molecule has 1 N–H and O–H groups in total. The van der Waals surface area contributed by atoms with Crippen molar-refractivity contribution in [1.82, 2.24) is 0 Å². The number of nitrogens with one attached hydrogen (secondary N) is 1. The molecular weight excluding hydrogens is 244 g/mol. The quantitative estimate of drug-likeness (QED) is 0.853. The van der Waals surface area contributed by atoms with Crippen LogP contribution in [0.5, 0.6) is 0 Å². The first kappa shape index (κ1) is 14.0. The maximum Gasteiger partial charge on any atom is 0.0769 e. The number of rotatable bonds is 3. The maximum atomic E-state index is 3.34. The van der Waals surface area contributed by atoms with E-state index in [-0.39, 0.29) is 0 Å². The lowest BCUT2D eigenvalue weighted by atomic mass is 10.1. The summed E-state index contributed by atoms with van der Waals surface area (Å²) in [5.41, 5.74) is 4.65. The molecule has 2 aromatic carbocycles. The van der Waals surface area contributed by atoms with E-state index in [1.165, 1.54) is 11.3 Å². The molecule has 20 heavy (non-hydrogen) atoms. The lowest BCUT2D eigenvalue weighted by Crippen LogP contribution is -2.11. The van der Waals surface area contributed by atoms with Crippen molar-refractivity contribution in [3.63, 3.8) is 0 Å². The fourth-order valence-corrected chi connectivity index (χ4v) is 2.02. The van der Waals surface area contributed by atoms with Gasteiger partial charge >= 0.3 is 0 Å². The van der Waals surface area contributed by atoms with Gasteiger partial charge in [0, 0.05) is 31.0 Å². The largest absolute Gasteiger partial charge is 0.377 e. The number of hydrogen-bond acceptors (Lipinski definition) is 2. The molecule has 0 aliphatic carbocycles. The van der Waals surface area contributed by atoms with Crippen LogP contribution in [0, 0.1) is 18.8 Å². The summed E-state index contributed by atoms with van der Waals surface area (Å²) >= 11 is 0. The van der Waals surface area contributed by atoms with E-state index in [2.05, 4.69) is 61.3 Å². The van der Waals surface area contributed by atoms with Crippen LogP contribution in [0.3, 0.4) is 0 Å². The second kappa shape index (κ2) is 6.68. The molecule has 0 saturated carbocycles. The normalized spacial score (nSPS) is 9.55. The van der Waals surface area contributed by atoms with E-state index < -0.39 is 0 Å². The first-order valence-corrected chi connectivity index (χ1v) is 6.72. The number of benzene rings is 2. The highest BCUT2D eigenvalue weighted by atomic mass is 15.1. The Bertz CT molecular complexity index is 619. The minimum atomic E-state index is 0.644. The molecule has 0 heterocycles. The zero-order valence-electron chi connectivity index (χ0n) is 12.3. The molecule has 102 valence electrons. The van der Waals surface area contributed by atoms with Crippen molar-refractivity contribution in [2.75, 3.05) is 30.9 Å². The molecule has 0 spiro atoms. The summed E-state index contributed by atoms with van der Waals surface area (Å²) in [4.78, 5) is 2.12. The fraction of sp³-hybridized carbons (Fsp3) is 0.222. The molecule has 0 aliphatic rings. The van der Waals surface area contributed by atoms with Gasteiger partial charge in [0.25, 0.3) is 0 Å². The van der Waals surface area contributed by atoms with E-state index in [0.717, 1.165) is 11.3 Å². The number of hydrogen-bond donors (Lipinski definition) is 1. The molecule has 2 nitrogen and oxygen atoms in total. The van der Waals surface area contributed by atoms with Gasteiger partial charge in [-0.1, -0.05) is 36.1 Å². The molecule has 0 amide bonds. The summed E-state index contributed by atoms with van der Waals surface area (Å²) in [6.07, 6.45) is 0. The second-order valence-electron chi connectivity index (χ2n) is 4.92. The van der Waals surface area contributed by atoms with Crippen LogP contribution in [-0.4, -0.2) is 20.6 Å². The Morgan fingerprint density at radius 3 is 2.50 bits per heavy atom. The third kappa shape index (κ3) is 3.80. The summed E-state index contributed by atoms with van der Waals surface area (Å²) in [7, 11) is 4.11. The maximum absolute atomic E-state index is 3.34. The lowest BCUT2D eigenvalue weighted by molar-refractivity contribution is 1.11. The molecule has 0 radical (unpaired) electrons. The minimum absolute atomic E-state index is 0.644. The average Bonchev–Trinajstić information content (AvgIpc) is 2.46. The van der Waals surface area contributed by atoms with Gasteiger partial charge in [0.1, 0.15) is 0 Å². The van der Waals surface area contributed by atoms with Crippen LogP contribution >= 0.6 is 0 Å². The fourth-order valence-electron chi connectivity index (χ4n) is 2.02. The highest BCUT2D eigenvalue weighted by molar-refractivity contribution is 5.62. The van der Waals surface area contributed by atoms with Crippen LogP contribution in [0.4, 0.5) is 11.4 Å². The number of nitrogens with zero attached hydrogens (tertiary/aromatic N) is 1. The Balaban J connectivity index is 1.98. The molecule has 2 heteroatoms. The van der Waals surface area contributed by atoms with E-state index in [1.807, 2.05) is 30.3 Å². The molecule has 0 aliphatic heterocycles. The number of anilines is 2. The van der Waals surface area contributed by atoms with Gasteiger partial charge in [0.15, 0.2) is 0 Å². The highest BCUT2D eigenvalue weighted by Crippen LogP contribution is 2.22. The van der Waals surface area contributed by atoms with E-state index in [1.54, 1.807) is 0 Å². The zero-order chi connectivity index (χ0) is 14.4. The molecular formula is C18H20N2. The van der Waals surface area contributed by atoms with E-state index in [0.29, 0.717) is 6.54 Å². The van der Waals surface area contributed by atoms with Crippen molar-refractivity contribution in [2.24, 2.45) is 0 Å². The van der Waals surface area contributed by atoms with Gasteiger partial charge in [0.2, 0.25) is 0 Å². The Labute approximate surface area is 121 Å². The Morgan fingerprint density at radius 1 is 1.05 bits per heavy atom. The first-order chi connectivity index (χ1) is 9.66.